The third-order valence-electron chi connectivity index (χ3n) is 4.77. The van der Waals surface area contributed by atoms with Crippen molar-refractivity contribution in [2.45, 2.75) is 19.9 Å². The minimum atomic E-state index is 0.313. The molecule has 5 nitrogen and oxygen atoms in total. The van der Waals surface area contributed by atoms with Crippen LogP contribution in [-0.4, -0.2) is 42.2 Å². The van der Waals surface area contributed by atoms with Crippen LogP contribution < -0.4 is 15.1 Å². The maximum atomic E-state index is 6.36. The molecule has 0 atom stereocenters. The van der Waals surface area contributed by atoms with Crippen LogP contribution in [0, 0.1) is 0 Å². The van der Waals surface area contributed by atoms with Gasteiger partial charge in [0.05, 0.1) is 16.2 Å². The molecule has 1 N–H and O–H groups in total. The number of hydrogen-bond donors (Lipinski definition) is 1. The quantitative estimate of drug-likeness (QED) is 0.724. The fraction of sp³-hybridized carbons (Fsp3) is 0.333. The average molecular weight is 382 g/mol. The second-order valence-corrected chi connectivity index (χ2v) is 7.52. The summed E-state index contributed by atoms with van der Waals surface area (Å²) in [6, 6.07) is 16.5. The highest BCUT2D eigenvalue weighted by Crippen LogP contribution is 2.28. The Morgan fingerprint density at radius 2 is 1.56 bits per heavy atom. The van der Waals surface area contributed by atoms with Crippen LogP contribution in [0.1, 0.15) is 13.8 Å². The van der Waals surface area contributed by atoms with E-state index < -0.39 is 0 Å². The Hall–Kier alpha value is -2.53. The van der Waals surface area contributed by atoms with E-state index in [9.17, 15) is 0 Å². The van der Waals surface area contributed by atoms with Crippen molar-refractivity contribution in [3.05, 3.63) is 53.6 Å². The molecule has 0 spiro atoms. The van der Waals surface area contributed by atoms with Crippen molar-refractivity contribution in [2.75, 3.05) is 41.3 Å². The lowest BCUT2D eigenvalue weighted by Gasteiger charge is -2.36. The summed E-state index contributed by atoms with van der Waals surface area (Å²) in [4.78, 5) is 14.2. The lowest BCUT2D eigenvalue weighted by Crippen LogP contribution is -2.47. The van der Waals surface area contributed by atoms with Crippen molar-refractivity contribution >= 4 is 40.0 Å². The highest BCUT2D eigenvalue weighted by Gasteiger charge is 2.21. The van der Waals surface area contributed by atoms with Crippen molar-refractivity contribution in [1.82, 2.24) is 9.97 Å². The third kappa shape index (κ3) is 3.78. The monoisotopic (exact) mass is 381 g/mol. The van der Waals surface area contributed by atoms with Gasteiger partial charge in [0.1, 0.15) is 5.82 Å². The van der Waals surface area contributed by atoms with Gasteiger partial charge in [0.15, 0.2) is 0 Å². The van der Waals surface area contributed by atoms with Gasteiger partial charge in [0, 0.05) is 37.6 Å². The Balaban J connectivity index is 1.58. The summed E-state index contributed by atoms with van der Waals surface area (Å²) in [5, 5.41) is 5.33. The van der Waals surface area contributed by atoms with Crippen LogP contribution in [0.4, 0.5) is 17.5 Å². The van der Waals surface area contributed by atoms with Gasteiger partial charge in [-0.05, 0) is 38.1 Å². The van der Waals surface area contributed by atoms with E-state index in [2.05, 4.69) is 41.1 Å². The average Bonchev–Trinajstić information content (AvgIpc) is 2.68. The number of rotatable bonds is 4. The van der Waals surface area contributed by atoms with E-state index in [-0.39, 0.29) is 0 Å². The second-order valence-electron chi connectivity index (χ2n) is 7.11. The fourth-order valence-corrected chi connectivity index (χ4v) is 3.70. The minimum Gasteiger partial charge on any atom is -0.367 e. The molecule has 0 saturated carbocycles. The number of anilines is 3. The lowest BCUT2D eigenvalue weighted by atomic mass is 10.2. The van der Waals surface area contributed by atoms with E-state index in [1.807, 2.05) is 36.4 Å². The smallest absolute Gasteiger partial charge is 0.228 e. The molecule has 2 aromatic carbocycles. The summed E-state index contributed by atoms with van der Waals surface area (Å²) < 4.78 is 0. The zero-order valence-electron chi connectivity index (χ0n) is 15.7. The largest absolute Gasteiger partial charge is 0.367 e. The van der Waals surface area contributed by atoms with Crippen LogP contribution in [0.3, 0.4) is 0 Å². The summed E-state index contributed by atoms with van der Waals surface area (Å²) >= 11 is 6.36. The van der Waals surface area contributed by atoms with Gasteiger partial charge in [0.25, 0.3) is 0 Å². The number of hydrogen-bond acceptors (Lipinski definition) is 5. The molecule has 0 unspecified atom stereocenters. The van der Waals surface area contributed by atoms with Crippen LogP contribution in [0.15, 0.2) is 48.5 Å². The number of aromatic nitrogens is 2. The van der Waals surface area contributed by atoms with Gasteiger partial charge in [-0.15, -0.1) is 0 Å². The van der Waals surface area contributed by atoms with Gasteiger partial charge < -0.3 is 15.1 Å². The van der Waals surface area contributed by atoms with Crippen molar-refractivity contribution in [3.8, 4) is 0 Å². The predicted molar refractivity (Wildman–Crippen MR) is 114 cm³/mol. The van der Waals surface area contributed by atoms with E-state index in [4.69, 9.17) is 21.6 Å². The summed E-state index contributed by atoms with van der Waals surface area (Å²) in [6.45, 7) is 7.77. The number of piperazine rings is 1. The normalized spacial score (nSPS) is 14.8. The van der Waals surface area contributed by atoms with Gasteiger partial charge in [-0.2, -0.15) is 4.98 Å². The third-order valence-corrected chi connectivity index (χ3v) is 5.09. The predicted octanol–water partition coefficient (Wildman–Crippen LogP) is 4.43. The Kier molecular flexibility index (Phi) is 5.03. The van der Waals surface area contributed by atoms with E-state index >= 15 is 0 Å². The molecule has 0 radical (unpaired) electrons. The molecule has 4 rings (SSSR count). The van der Waals surface area contributed by atoms with Crippen LogP contribution in [0.5, 0.6) is 0 Å². The van der Waals surface area contributed by atoms with E-state index in [1.54, 1.807) is 0 Å². The summed E-state index contributed by atoms with van der Waals surface area (Å²) in [7, 11) is 0. The van der Waals surface area contributed by atoms with Crippen LogP contribution in [0.2, 0.25) is 5.02 Å². The molecule has 0 amide bonds. The molecule has 1 fully saturated rings. The number of halogens is 1. The first kappa shape index (κ1) is 17.9. The van der Waals surface area contributed by atoms with Crippen LogP contribution >= 0.6 is 11.6 Å². The molecular weight excluding hydrogens is 358 g/mol. The SMILES string of the molecule is CC(C)Nc1nc(N2CCN(c3ccccc3Cl)CC2)nc2ccccc12. The summed E-state index contributed by atoms with van der Waals surface area (Å²) in [5.74, 6) is 1.69. The first-order valence-corrected chi connectivity index (χ1v) is 9.77. The Bertz CT molecular complexity index is 935. The van der Waals surface area contributed by atoms with Gasteiger partial charge in [0.2, 0.25) is 5.95 Å². The van der Waals surface area contributed by atoms with E-state index in [0.29, 0.717) is 6.04 Å². The van der Waals surface area contributed by atoms with Crippen molar-refractivity contribution in [3.63, 3.8) is 0 Å². The van der Waals surface area contributed by atoms with Gasteiger partial charge in [-0.25, -0.2) is 4.98 Å². The molecule has 1 aliphatic heterocycles. The van der Waals surface area contributed by atoms with Crippen molar-refractivity contribution < 1.29 is 0 Å². The topological polar surface area (TPSA) is 44.3 Å². The van der Waals surface area contributed by atoms with Gasteiger partial charge in [-0.1, -0.05) is 35.9 Å². The number of nitrogens with one attached hydrogen (secondary N) is 1. The molecule has 140 valence electrons. The first-order chi connectivity index (χ1) is 13.1. The lowest BCUT2D eigenvalue weighted by molar-refractivity contribution is 0.641. The number of nitrogens with zero attached hydrogens (tertiary/aromatic N) is 4. The minimum absolute atomic E-state index is 0.313. The molecule has 1 aliphatic rings. The maximum Gasteiger partial charge on any atom is 0.228 e. The summed E-state index contributed by atoms with van der Waals surface area (Å²) in [6.07, 6.45) is 0. The van der Waals surface area contributed by atoms with Gasteiger partial charge >= 0.3 is 0 Å². The number of para-hydroxylation sites is 2. The zero-order chi connectivity index (χ0) is 18.8. The zero-order valence-corrected chi connectivity index (χ0v) is 16.4. The maximum absolute atomic E-state index is 6.36. The van der Waals surface area contributed by atoms with Gasteiger partial charge in [-0.3, -0.25) is 0 Å². The van der Waals surface area contributed by atoms with E-state index in [1.165, 1.54) is 0 Å². The standard InChI is InChI=1S/C21H24ClN5/c1-15(2)23-20-16-7-3-5-9-18(16)24-21(25-20)27-13-11-26(12-14-27)19-10-6-4-8-17(19)22/h3-10,15H,11-14H2,1-2H3,(H,23,24,25). The second kappa shape index (κ2) is 7.61. The highest BCUT2D eigenvalue weighted by atomic mass is 35.5. The molecule has 0 bridgehead atoms. The summed E-state index contributed by atoms with van der Waals surface area (Å²) in [5.41, 5.74) is 2.07. The molecular formula is C21H24ClN5. The highest BCUT2D eigenvalue weighted by molar-refractivity contribution is 6.33. The Morgan fingerprint density at radius 1 is 0.889 bits per heavy atom. The van der Waals surface area contributed by atoms with Crippen molar-refractivity contribution in [1.29, 1.82) is 0 Å². The number of fused-ring (bicyclic) bond motifs is 1. The Labute approximate surface area is 165 Å². The number of benzene rings is 2. The molecule has 1 aromatic heterocycles. The molecule has 0 aliphatic carbocycles. The molecule has 3 aromatic rings. The Morgan fingerprint density at radius 3 is 2.30 bits per heavy atom. The van der Waals surface area contributed by atoms with E-state index in [0.717, 1.165) is 59.6 Å². The van der Waals surface area contributed by atoms with Crippen LogP contribution in [0.25, 0.3) is 10.9 Å². The fourth-order valence-electron chi connectivity index (χ4n) is 3.44. The molecule has 1 saturated heterocycles. The molecule has 2 heterocycles. The molecule has 27 heavy (non-hydrogen) atoms. The van der Waals surface area contributed by atoms with Crippen molar-refractivity contribution in [2.24, 2.45) is 0 Å². The van der Waals surface area contributed by atoms with Crippen LogP contribution in [-0.2, 0) is 0 Å². The first-order valence-electron chi connectivity index (χ1n) is 9.39. The molecule has 6 heteroatoms.